The van der Waals surface area contributed by atoms with Gasteiger partial charge in [-0.3, -0.25) is 0 Å². The fourth-order valence-electron chi connectivity index (χ4n) is 2.64. The SMILES string of the molecule is CC(C)c1ncc(N2CCNCC2)c(-c2ccc(O)cc2)n1. The van der Waals surface area contributed by atoms with Gasteiger partial charge in [0.2, 0.25) is 0 Å². The van der Waals surface area contributed by atoms with Gasteiger partial charge in [0, 0.05) is 37.7 Å². The number of hydrogen-bond acceptors (Lipinski definition) is 5. The van der Waals surface area contributed by atoms with Crippen molar-refractivity contribution in [3.63, 3.8) is 0 Å². The molecule has 0 bridgehead atoms. The van der Waals surface area contributed by atoms with Crippen LogP contribution in [0.1, 0.15) is 25.6 Å². The molecule has 1 aliphatic rings. The molecule has 0 atom stereocenters. The molecule has 1 aromatic carbocycles. The summed E-state index contributed by atoms with van der Waals surface area (Å²) in [5, 5.41) is 12.9. The fourth-order valence-corrected chi connectivity index (χ4v) is 2.64. The van der Waals surface area contributed by atoms with Gasteiger partial charge in [0.15, 0.2) is 0 Å². The van der Waals surface area contributed by atoms with Crippen LogP contribution in [0.4, 0.5) is 5.69 Å². The predicted octanol–water partition coefficient (Wildman–Crippen LogP) is 2.38. The molecule has 3 rings (SSSR count). The summed E-state index contributed by atoms with van der Waals surface area (Å²) in [7, 11) is 0. The zero-order valence-corrected chi connectivity index (χ0v) is 13.1. The standard InChI is InChI=1S/C17H22N4O/c1-12(2)17-19-11-15(21-9-7-18-8-10-21)16(20-17)13-3-5-14(22)6-4-13/h3-6,11-12,18,22H,7-10H2,1-2H3. The Morgan fingerprint density at radius 2 is 1.82 bits per heavy atom. The van der Waals surface area contributed by atoms with Crippen LogP contribution in [0.5, 0.6) is 5.75 Å². The summed E-state index contributed by atoms with van der Waals surface area (Å²) in [5.74, 6) is 1.40. The van der Waals surface area contributed by atoms with Crippen molar-refractivity contribution in [2.45, 2.75) is 19.8 Å². The summed E-state index contributed by atoms with van der Waals surface area (Å²) >= 11 is 0. The zero-order valence-electron chi connectivity index (χ0n) is 13.1. The maximum Gasteiger partial charge on any atom is 0.131 e. The second-order valence-electron chi connectivity index (χ2n) is 5.90. The summed E-state index contributed by atoms with van der Waals surface area (Å²) in [6.07, 6.45) is 1.94. The summed E-state index contributed by atoms with van der Waals surface area (Å²) in [5.41, 5.74) is 3.02. The molecule has 1 aliphatic heterocycles. The van der Waals surface area contributed by atoms with Crippen LogP contribution in [0.2, 0.25) is 0 Å². The predicted molar refractivity (Wildman–Crippen MR) is 88.3 cm³/mol. The molecule has 1 aromatic heterocycles. The lowest BCUT2D eigenvalue weighted by molar-refractivity contribution is 0.475. The number of anilines is 1. The first-order valence-electron chi connectivity index (χ1n) is 7.77. The largest absolute Gasteiger partial charge is 0.508 e. The number of nitrogens with zero attached hydrogens (tertiary/aromatic N) is 3. The van der Waals surface area contributed by atoms with Crippen molar-refractivity contribution in [2.75, 3.05) is 31.1 Å². The number of phenolic OH excluding ortho intramolecular Hbond substituents is 1. The van der Waals surface area contributed by atoms with Crippen molar-refractivity contribution in [3.05, 3.63) is 36.3 Å². The minimum atomic E-state index is 0.269. The first-order valence-corrected chi connectivity index (χ1v) is 7.77. The molecule has 0 spiro atoms. The Morgan fingerprint density at radius 1 is 1.14 bits per heavy atom. The second-order valence-corrected chi connectivity index (χ2v) is 5.90. The highest BCUT2D eigenvalue weighted by molar-refractivity contribution is 5.75. The average Bonchev–Trinajstić information content (AvgIpc) is 2.56. The minimum Gasteiger partial charge on any atom is -0.508 e. The van der Waals surface area contributed by atoms with Crippen LogP contribution in [-0.2, 0) is 0 Å². The third kappa shape index (κ3) is 3.04. The number of phenols is 1. The molecule has 1 fully saturated rings. The van der Waals surface area contributed by atoms with E-state index in [0.717, 1.165) is 48.9 Å². The van der Waals surface area contributed by atoms with E-state index in [9.17, 15) is 5.11 Å². The minimum absolute atomic E-state index is 0.269. The van der Waals surface area contributed by atoms with E-state index in [1.165, 1.54) is 0 Å². The average molecular weight is 298 g/mol. The van der Waals surface area contributed by atoms with Gasteiger partial charge in [-0.2, -0.15) is 0 Å². The van der Waals surface area contributed by atoms with Crippen molar-refractivity contribution in [3.8, 4) is 17.0 Å². The van der Waals surface area contributed by atoms with Gasteiger partial charge >= 0.3 is 0 Å². The second kappa shape index (κ2) is 6.32. The van der Waals surface area contributed by atoms with Crippen molar-refractivity contribution in [2.24, 2.45) is 0 Å². The summed E-state index contributed by atoms with van der Waals surface area (Å²) in [4.78, 5) is 11.6. The number of hydrogen-bond donors (Lipinski definition) is 2. The molecule has 5 nitrogen and oxygen atoms in total. The number of nitrogens with one attached hydrogen (secondary N) is 1. The van der Waals surface area contributed by atoms with Gasteiger partial charge in [0.1, 0.15) is 11.6 Å². The van der Waals surface area contributed by atoms with E-state index in [4.69, 9.17) is 4.98 Å². The summed E-state index contributed by atoms with van der Waals surface area (Å²) in [6.45, 7) is 8.05. The molecule has 116 valence electrons. The van der Waals surface area contributed by atoms with Gasteiger partial charge in [-0.25, -0.2) is 9.97 Å². The number of aromatic nitrogens is 2. The first-order chi connectivity index (χ1) is 10.6. The molecule has 0 unspecified atom stereocenters. The van der Waals surface area contributed by atoms with E-state index >= 15 is 0 Å². The van der Waals surface area contributed by atoms with Crippen LogP contribution in [0.3, 0.4) is 0 Å². The van der Waals surface area contributed by atoms with E-state index in [1.54, 1.807) is 12.1 Å². The van der Waals surface area contributed by atoms with Gasteiger partial charge in [-0.05, 0) is 24.3 Å². The lowest BCUT2D eigenvalue weighted by Gasteiger charge is -2.30. The number of piperazine rings is 1. The Labute approximate surface area is 131 Å². The van der Waals surface area contributed by atoms with Gasteiger partial charge in [-0.1, -0.05) is 13.8 Å². The van der Waals surface area contributed by atoms with Crippen LogP contribution in [0.25, 0.3) is 11.3 Å². The molecule has 22 heavy (non-hydrogen) atoms. The number of rotatable bonds is 3. The molecule has 2 N–H and O–H groups in total. The lowest BCUT2D eigenvalue weighted by atomic mass is 10.1. The number of aromatic hydroxyl groups is 1. The van der Waals surface area contributed by atoms with Crippen LogP contribution < -0.4 is 10.2 Å². The highest BCUT2D eigenvalue weighted by atomic mass is 16.3. The monoisotopic (exact) mass is 298 g/mol. The molecular weight excluding hydrogens is 276 g/mol. The molecule has 0 amide bonds. The Hall–Kier alpha value is -2.14. The normalized spacial score (nSPS) is 15.3. The van der Waals surface area contributed by atoms with E-state index in [1.807, 2.05) is 18.3 Å². The Balaban J connectivity index is 2.06. The first kappa shape index (κ1) is 14.8. The molecule has 2 heterocycles. The van der Waals surface area contributed by atoms with E-state index in [2.05, 4.69) is 29.0 Å². The highest BCUT2D eigenvalue weighted by Crippen LogP contribution is 2.30. The van der Waals surface area contributed by atoms with E-state index in [0.29, 0.717) is 0 Å². The summed E-state index contributed by atoms with van der Waals surface area (Å²) in [6, 6.07) is 7.23. The summed E-state index contributed by atoms with van der Waals surface area (Å²) < 4.78 is 0. The van der Waals surface area contributed by atoms with Crippen LogP contribution in [0.15, 0.2) is 30.5 Å². The van der Waals surface area contributed by atoms with Crippen molar-refractivity contribution in [1.29, 1.82) is 0 Å². The zero-order chi connectivity index (χ0) is 15.5. The van der Waals surface area contributed by atoms with Crippen LogP contribution >= 0.6 is 0 Å². The maximum absolute atomic E-state index is 9.51. The van der Waals surface area contributed by atoms with Gasteiger partial charge in [0.05, 0.1) is 17.6 Å². The molecule has 0 saturated carbocycles. The Bertz CT molecular complexity index is 634. The lowest BCUT2D eigenvalue weighted by Crippen LogP contribution is -2.43. The van der Waals surface area contributed by atoms with E-state index in [-0.39, 0.29) is 11.7 Å². The highest BCUT2D eigenvalue weighted by Gasteiger charge is 2.18. The van der Waals surface area contributed by atoms with Crippen molar-refractivity contribution >= 4 is 5.69 Å². The quantitative estimate of drug-likeness (QED) is 0.911. The van der Waals surface area contributed by atoms with Gasteiger partial charge < -0.3 is 15.3 Å². The van der Waals surface area contributed by atoms with Crippen LogP contribution in [0, 0.1) is 0 Å². The third-order valence-corrected chi connectivity index (χ3v) is 3.90. The van der Waals surface area contributed by atoms with Gasteiger partial charge in [-0.15, -0.1) is 0 Å². The molecule has 5 heteroatoms. The number of benzene rings is 1. The fraction of sp³-hybridized carbons (Fsp3) is 0.412. The van der Waals surface area contributed by atoms with Crippen molar-refractivity contribution < 1.29 is 5.11 Å². The molecule has 2 aromatic rings. The smallest absolute Gasteiger partial charge is 0.131 e. The third-order valence-electron chi connectivity index (χ3n) is 3.90. The molecule has 0 aliphatic carbocycles. The molecule has 1 saturated heterocycles. The Morgan fingerprint density at radius 3 is 2.45 bits per heavy atom. The van der Waals surface area contributed by atoms with E-state index < -0.39 is 0 Å². The topological polar surface area (TPSA) is 61.3 Å². The Kier molecular flexibility index (Phi) is 4.24. The van der Waals surface area contributed by atoms with Gasteiger partial charge in [0.25, 0.3) is 0 Å². The maximum atomic E-state index is 9.51. The molecular formula is C17H22N4O. The van der Waals surface area contributed by atoms with Crippen molar-refractivity contribution in [1.82, 2.24) is 15.3 Å². The molecule has 0 radical (unpaired) electrons. The van der Waals surface area contributed by atoms with Crippen LogP contribution in [-0.4, -0.2) is 41.3 Å².